The molecule has 0 spiro atoms. The van der Waals surface area contributed by atoms with Gasteiger partial charge in [-0.1, -0.05) is 31.2 Å². The summed E-state index contributed by atoms with van der Waals surface area (Å²) in [5.41, 5.74) is 0.242. The lowest BCUT2D eigenvalue weighted by Gasteiger charge is -2.39. The van der Waals surface area contributed by atoms with E-state index in [1.165, 1.54) is 0 Å². The largest absolute Gasteiger partial charge is 0.493 e. The van der Waals surface area contributed by atoms with Gasteiger partial charge in [-0.2, -0.15) is 5.26 Å². The summed E-state index contributed by atoms with van der Waals surface area (Å²) in [5.74, 6) is 0.895. The molecule has 2 rings (SSSR count). The number of fused-ring (bicyclic) bond motifs is 1. The zero-order chi connectivity index (χ0) is 12.3. The van der Waals surface area contributed by atoms with Gasteiger partial charge in [0.25, 0.3) is 0 Å². The van der Waals surface area contributed by atoms with Crippen LogP contribution in [0, 0.1) is 17.2 Å². The van der Waals surface area contributed by atoms with Crippen molar-refractivity contribution in [3.05, 3.63) is 42.5 Å². The van der Waals surface area contributed by atoms with E-state index < -0.39 is 5.54 Å². The number of nitrogens with one attached hydrogen (secondary N) is 1. The fourth-order valence-electron chi connectivity index (χ4n) is 2.24. The van der Waals surface area contributed by atoms with Crippen LogP contribution in [0.5, 0.6) is 5.75 Å². The van der Waals surface area contributed by atoms with Gasteiger partial charge in [0, 0.05) is 18.0 Å². The first-order valence-electron chi connectivity index (χ1n) is 5.74. The molecule has 1 aromatic carbocycles. The fourth-order valence-corrected chi connectivity index (χ4v) is 2.24. The molecule has 17 heavy (non-hydrogen) atoms. The van der Waals surface area contributed by atoms with Gasteiger partial charge < -0.3 is 4.74 Å². The zero-order valence-electron chi connectivity index (χ0n) is 9.94. The lowest BCUT2D eigenvalue weighted by molar-refractivity contribution is 0.153. The molecule has 0 fully saturated rings. The minimum atomic E-state index is -0.678. The predicted molar refractivity (Wildman–Crippen MR) is 66.6 cm³/mol. The van der Waals surface area contributed by atoms with Gasteiger partial charge in [-0.15, -0.1) is 6.58 Å². The lowest BCUT2D eigenvalue weighted by atomic mass is 9.78. The molecule has 1 aromatic rings. The molecule has 1 aliphatic rings. The average molecular weight is 228 g/mol. The number of hydrogen-bond donors (Lipinski definition) is 1. The van der Waals surface area contributed by atoms with Crippen LogP contribution in [0.1, 0.15) is 12.5 Å². The Morgan fingerprint density at radius 1 is 1.65 bits per heavy atom. The topological polar surface area (TPSA) is 45.0 Å². The highest BCUT2D eigenvalue weighted by atomic mass is 16.5. The molecule has 1 N–H and O–H groups in total. The number of nitrogens with zero attached hydrogens (tertiary/aromatic N) is 1. The number of para-hydroxylation sites is 1. The highest BCUT2D eigenvalue weighted by Crippen LogP contribution is 2.39. The van der Waals surface area contributed by atoms with Crippen LogP contribution in [0.4, 0.5) is 0 Å². The van der Waals surface area contributed by atoms with E-state index in [2.05, 4.69) is 18.0 Å². The maximum atomic E-state index is 9.58. The van der Waals surface area contributed by atoms with Crippen molar-refractivity contribution in [2.24, 2.45) is 5.92 Å². The zero-order valence-corrected chi connectivity index (χ0v) is 9.94. The van der Waals surface area contributed by atoms with E-state index in [1.807, 2.05) is 31.2 Å². The van der Waals surface area contributed by atoms with Crippen molar-refractivity contribution < 1.29 is 4.74 Å². The predicted octanol–water partition coefficient (Wildman–Crippen LogP) is 2.21. The highest BCUT2D eigenvalue weighted by molar-refractivity contribution is 5.45. The third-order valence-corrected chi connectivity index (χ3v) is 3.24. The Hall–Kier alpha value is -1.79. The maximum absolute atomic E-state index is 9.58. The Bertz CT molecular complexity index is 464. The van der Waals surface area contributed by atoms with Gasteiger partial charge in [-0.25, -0.2) is 0 Å². The summed E-state index contributed by atoms with van der Waals surface area (Å²) in [6.07, 6.45) is 1.77. The van der Waals surface area contributed by atoms with Crippen molar-refractivity contribution in [2.45, 2.75) is 12.5 Å². The van der Waals surface area contributed by atoms with Crippen molar-refractivity contribution in [1.29, 1.82) is 5.26 Å². The third kappa shape index (κ3) is 1.81. The Morgan fingerprint density at radius 2 is 2.41 bits per heavy atom. The Morgan fingerprint density at radius 3 is 3.12 bits per heavy atom. The van der Waals surface area contributed by atoms with Crippen molar-refractivity contribution in [3.63, 3.8) is 0 Å². The summed E-state index contributed by atoms with van der Waals surface area (Å²) >= 11 is 0. The summed E-state index contributed by atoms with van der Waals surface area (Å²) in [4.78, 5) is 0. The maximum Gasteiger partial charge on any atom is 0.141 e. The van der Waals surface area contributed by atoms with E-state index >= 15 is 0 Å². The van der Waals surface area contributed by atoms with Crippen LogP contribution in [0.15, 0.2) is 36.9 Å². The number of ether oxygens (including phenoxy) is 1. The average Bonchev–Trinajstić information content (AvgIpc) is 2.38. The van der Waals surface area contributed by atoms with E-state index in [9.17, 15) is 5.26 Å². The molecular weight excluding hydrogens is 212 g/mol. The third-order valence-electron chi connectivity index (χ3n) is 3.24. The van der Waals surface area contributed by atoms with E-state index in [0.717, 1.165) is 11.3 Å². The van der Waals surface area contributed by atoms with E-state index in [0.29, 0.717) is 13.2 Å². The van der Waals surface area contributed by atoms with E-state index in [1.54, 1.807) is 6.08 Å². The first-order chi connectivity index (χ1) is 8.24. The van der Waals surface area contributed by atoms with E-state index in [4.69, 9.17) is 4.74 Å². The Labute approximate surface area is 102 Å². The highest BCUT2D eigenvalue weighted by Gasteiger charge is 2.43. The minimum Gasteiger partial charge on any atom is -0.493 e. The second-order valence-corrected chi connectivity index (χ2v) is 4.30. The molecule has 3 nitrogen and oxygen atoms in total. The van der Waals surface area contributed by atoms with Crippen molar-refractivity contribution >= 4 is 0 Å². The molecule has 2 atom stereocenters. The van der Waals surface area contributed by atoms with Crippen molar-refractivity contribution in [1.82, 2.24) is 5.32 Å². The van der Waals surface area contributed by atoms with Gasteiger partial charge >= 0.3 is 0 Å². The molecule has 2 unspecified atom stereocenters. The van der Waals surface area contributed by atoms with Crippen molar-refractivity contribution in [3.8, 4) is 11.8 Å². The molecule has 0 aromatic heterocycles. The molecule has 0 aliphatic carbocycles. The number of rotatable bonds is 3. The standard InChI is InChI=1S/C14H16N2O/c1-3-8-16-14(10-15)11(2)9-17-13-7-5-4-6-12(13)14/h3-7,11,16H,1,8-9H2,2H3. The molecule has 0 saturated heterocycles. The fraction of sp³-hybridized carbons (Fsp3) is 0.357. The van der Waals surface area contributed by atoms with Gasteiger partial charge in [0.2, 0.25) is 0 Å². The molecule has 1 heterocycles. The quantitative estimate of drug-likeness (QED) is 0.807. The van der Waals surface area contributed by atoms with Crippen LogP contribution < -0.4 is 10.1 Å². The van der Waals surface area contributed by atoms with Crippen molar-refractivity contribution in [2.75, 3.05) is 13.2 Å². The number of benzene rings is 1. The molecule has 1 aliphatic heterocycles. The van der Waals surface area contributed by atoms with Crippen LogP contribution in [0.2, 0.25) is 0 Å². The van der Waals surface area contributed by atoms with E-state index in [-0.39, 0.29) is 5.92 Å². The second-order valence-electron chi connectivity index (χ2n) is 4.30. The molecule has 0 amide bonds. The van der Waals surface area contributed by atoms with Crippen LogP contribution in [-0.4, -0.2) is 13.2 Å². The summed E-state index contributed by atoms with van der Waals surface area (Å²) < 4.78 is 5.66. The van der Waals surface area contributed by atoms with Gasteiger partial charge in [0.15, 0.2) is 0 Å². The van der Waals surface area contributed by atoms with Crippen LogP contribution in [0.25, 0.3) is 0 Å². The molecule has 0 saturated carbocycles. The molecule has 3 heteroatoms. The Balaban J connectivity index is 2.49. The van der Waals surface area contributed by atoms with Gasteiger partial charge in [-0.05, 0) is 6.07 Å². The molecule has 0 bridgehead atoms. The Kier molecular flexibility index (Phi) is 3.16. The SMILES string of the molecule is C=CCNC1(C#N)c2ccccc2OCC1C. The van der Waals surface area contributed by atoms with Crippen LogP contribution >= 0.6 is 0 Å². The van der Waals surface area contributed by atoms with Gasteiger partial charge in [0.1, 0.15) is 11.3 Å². The number of nitriles is 1. The number of hydrogen-bond acceptors (Lipinski definition) is 3. The second kappa shape index (κ2) is 4.60. The van der Waals surface area contributed by atoms with Gasteiger partial charge in [-0.3, -0.25) is 5.32 Å². The molecule has 0 radical (unpaired) electrons. The minimum absolute atomic E-state index is 0.0994. The summed E-state index contributed by atoms with van der Waals surface area (Å²) in [7, 11) is 0. The van der Waals surface area contributed by atoms with Crippen LogP contribution in [0.3, 0.4) is 0 Å². The summed E-state index contributed by atoms with van der Waals surface area (Å²) in [6, 6.07) is 10.1. The monoisotopic (exact) mass is 228 g/mol. The summed E-state index contributed by atoms with van der Waals surface area (Å²) in [6.45, 7) is 6.87. The smallest absolute Gasteiger partial charge is 0.141 e. The first-order valence-corrected chi connectivity index (χ1v) is 5.74. The van der Waals surface area contributed by atoms with Gasteiger partial charge in [0.05, 0.1) is 12.7 Å². The lowest BCUT2D eigenvalue weighted by Crippen LogP contribution is -2.50. The molecule has 88 valence electrons. The molecular formula is C14H16N2O. The first kappa shape index (κ1) is 11.7. The normalized spacial score (nSPS) is 26.5. The summed E-state index contributed by atoms with van der Waals surface area (Å²) in [5, 5.41) is 12.9. The van der Waals surface area contributed by atoms with Crippen LogP contribution in [-0.2, 0) is 5.54 Å².